The molecule has 19 heavy (non-hydrogen) atoms. The van der Waals surface area contributed by atoms with Crippen molar-refractivity contribution in [3.8, 4) is 11.5 Å². The van der Waals surface area contributed by atoms with Crippen LogP contribution in [-0.4, -0.2) is 24.3 Å². The van der Waals surface area contributed by atoms with Crippen molar-refractivity contribution in [1.29, 1.82) is 0 Å². The van der Waals surface area contributed by atoms with Gasteiger partial charge in [0.15, 0.2) is 11.5 Å². The molecule has 1 aromatic rings. The first-order chi connectivity index (χ1) is 9.25. The summed E-state index contributed by atoms with van der Waals surface area (Å²) in [5.41, 5.74) is 1.00. The molecule has 1 N–H and O–H groups in total. The van der Waals surface area contributed by atoms with Gasteiger partial charge in [0.1, 0.15) is 0 Å². The number of para-hydroxylation sites is 1. The van der Waals surface area contributed by atoms with E-state index < -0.39 is 5.97 Å². The molecule has 1 saturated carbocycles. The highest BCUT2D eigenvalue weighted by molar-refractivity contribution is 5.69. The van der Waals surface area contributed by atoms with Gasteiger partial charge in [-0.15, -0.1) is 0 Å². The second-order valence-electron chi connectivity index (χ2n) is 5.27. The van der Waals surface area contributed by atoms with E-state index >= 15 is 0 Å². The Labute approximate surface area is 112 Å². The fourth-order valence-electron chi connectivity index (χ4n) is 2.73. The topological polar surface area (TPSA) is 55.8 Å². The Morgan fingerprint density at radius 1 is 1.32 bits per heavy atom. The van der Waals surface area contributed by atoms with Crippen LogP contribution in [0.3, 0.4) is 0 Å². The third kappa shape index (κ3) is 2.67. The first-order valence-electron chi connectivity index (χ1n) is 6.86. The quantitative estimate of drug-likeness (QED) is 0.906. The van der Waals surface area contributed by atoms with Gasteiger partial charge in [-0.25, -0.2) is 0 Å². The number of rotatable bonds is 4. The summed E-state index contributed by atoms with van der Waals surface area (Å²) in [4.78, 5) is 11.1. The molecule has 0 spiro atoms. The van der Waals surface area contributed by atoms with E-state index in [1.807, 2.05) is 18.2 Å². The Morgan fingerprint density at radius 2 is 2.11 bits per heavy atom. The normalized spacial score (nSPS) is 19.6. The Kier molecular flexibility index (Phi) is 3.32. The van der Waals surface area contributed by atoms with Gasteiger partial charge in [-0.1, -0.05) is 12.1 Å². The summed E-state index contributed by atoms with van der Waals surface area (Å²) in [7, 11) is 0. The number of carbonyl (C=O) groups is 1. The van der Waals surface area contributed by atoms with Crippen LogP contribution in [0.25, 0.3) is 0 Å². The minimum atomic E-state index is -0.746. The molecule has 1 atom stereocenters. The number of carboxylic acid groups (broad SMARTS) is 1. The third-order valence-electron chi connectivity index (χ3n) is 3.79. The molecule has 0 amide bonds. The molecule has 1 fully saturated rings. The van der Waals surface area contributed by atoms with E-state index in [1.54, 1.807) is 0 Å². The van der Waals surface area contributed by atoms with Gasteiger partial charge >= 0.3 is 5.97 Å². The molecule has 1 aromatic carbocycles. The van der Waals surface area contributed by atoms with Gasteiger partial charge in [0.2, 0.25) is 0 Å². The maximum Gasteiger partial charge on any atom is 0.303 e. The molecule has 0 radical (unpaired) electrons. The standard InChI is InChI=1S/C15H18O4/c16-14(17)9-12(10-5-6-10)11-3-1-4-13-15(11)19-8-2-7-18-13/h1,3-4,10,12H,2,5-9H2,(H,16,17). The molecule has 0 bridgehead atoms. The molecule has 1 aliphatic heterocycles. The lowest BCUT2D eigenvalue weighted by Gasteiger charge is -2.19. The molecule has 1 aliphatic carbocycles. The lowest BCUT2D eigenvalue weighted by atomic mass is 9.90. The van der Waals surface area contributed by atoms with E-state index in [4.69, 9.17) is 14.6 Å². The van der Waals surface area contributed by atoms with Crippen molar-refractivity contribution in [3.63, 3.8) is 0 Å². The fraction of sp³-hybridized carbons (Fsp3) is 0.533. The molecule has 2 aliphatic rings. The van der Waals surface area contributed by atoms with Crippen LogP contribution in [0, 0.1) is 5.92 Å². The van der Waals surface area contributed by atoms with Crippen LogP contribution in [0.2, 0.25) is 0 Å². The highest BCUT2D eigenvalue weighted by atomic mass is 16.5. The van der Waals surface area contributed by atoms with E-state index in [0.29, 0.717) is 19.1 Å². The van der Waals surface area contributed by atoms with Crippen molar-refractivity contribution >= 4 is 5.97 Å². The van der Waals surface area contributed by atoms with Crippen LogP contribution in [0.1, 0.15) is 37.2 Å². The summed E-state index contributed by atoms with van der Waals surface area (Å²) < 4.78 is 11.5. The van der Waals surface area contributed by atoms with E-state index in [-0.39, 0.29) is 12.3 Å². The first kappa shape index (κ1) is 12.3. The predicted octanol–water partition coefficient (Wildman–Crippen LogP) is 2.82. The number of benzene rings is 1. The molecule has 4 nitrogen and oxygen atoms in total. The van der Waals surface area contributed by atoms with Crippen LogP contribution in [0.4, 0.5) is 0 Å². The van der Waals surface area contributed by atoms with E-state index in [9.17, 15) is 4.79 Å². The molecular formula is C15H18O4. The molecule has 0 aromatic heterocycles. The molecule has 0 saturated heterocycles. The lowest BCUT2D eigenvalue weighted by molar-refractivity contribution is -0.137. The summed E-state index contributed by atoms with van der Waals surface area (Å²) in [6.45, 7) is 1.29. The first-order valence-corrected chi connectivity index (χ1v) is 6.86. The van der Waals surface area contributed by atoms with Gasteiger partial charge < -0.3 is 14.6 Å². The Hall–Kier alpha value is -1.71. The van der Waals surface area contributed by atoms with Gasteiger partial charge in [0.25, 0.3) is 0 Å². The molecule has 102 valence electrons. The number of hydrogen-bond acceptors (Lipinski definition) is 3. The minimum Gasteiger partial charge on any atom is -0.490 e. The highest BCUT2D eigenvalue weighted by Crippen LogP contribution is 2.49. The van der Waals surface area contributed by atoms with Gasteiger partial charge in [-0.3, -0.25) is 4.79 Å². The van der Waals surface area contributed by atoms with Crippen molar-refractivity contribution in [3.05, 3.63) is 23.8 Å². The average molecular weight is 262 g/mol. The molecule has 1 heterocycles. The number of fused-ring (bicyclic) bond motifs is 1. The van der Waals surface area contributed by atoms with E-state index in [1.165, 1.54) is 0 Å². The fourth-order valence-corrected chi connectivity index (χ4v) is 2.73. The number of carboxylic acids is 1. The third-order valence-corrected chi connectivity index (χ3v) is 3.79. The SMILES string of the molecule is O=C(O)CC(c1cccc2c1OCCCO2)C1CC1. The monoisotopic (exact) mass is 262 g/mol. The Bertz CT molecular complexity index is 479. The molecule has 3 rings (SSSR count). The highest BCUT2D eigenvalue weighted by Gasteiger charge is 2.36. The zero-order valence-electron chi connectivity index (χ0n) is 10.8. The summed E-state index contributed by atoms with van der Waals surface area (Å²) in [6, 6.07) is 5.81. The molecule has 4 heteroatoms. The minimum absolute atomic E-state index is 0.0501. The predicted molar refractivity (Wildman–Crippen MR) is 69.8 cm³/mol. The van der Waals surface area contributed by atoms with Crippen LogP contribution in [0.5, 0.6) is 11.5 Å². The van der Waals surface area contributed by atoms with Crippen LogP contribution < -0.4 is 9.47 Å². The maximum absolute atomic E-state index is 11.1. The molecule has 1 unspecified atom stereocenters. The summed E-state index contributed by atoms with van der Waals surface area (Å²) in [5.74, 6) is 1.30. The molecular weight excluding hydrogens is 244 g/mol. The van der Waals surface area contributed by atoms with Gasteiger partial charge in [0, 0.05) is 17.9 Å². The maximum atomic E-state index is 11.1. The van der Waals surface area contributed by atoms with Gasteiger partial charge in [0.05, 0.1) is 19.6 Å². The lowest BCUT2D eigenvalue weighted by Crippen LogP contribution is -2.10. The van der Waals surface area contributed by atoms with E-state index in [0.717, 1.165) is 36.3 Å². The van der Waals surface area contributed by atoms with Crippen LogP contribution >= 0.6 is 0 Å². The number of hydrogen-bond donors (Lipinski definition) is 1. The Balaban J connectivity index is 1.95. The van der Waals surface area contributed by atoms with Crippen LogP contribution in [0.15, 0.2) is 18.2 Å². The zero-order valence-corrected chi connectivity index (χ0v) is 10.8. The van der Waals surface area contributed by atoms with Gasteiger partial charge in [-0.2, -0.15) is 0 Å². The van der Waals surface area contributed by atoms with Crippen molar-refractivity contribution in [2.45, 2.75) is 31.6 Å². The summed E-state index contributed by atoms with van der Waals surface area (Å²) in [5, 5.41) is 9.11. The average Bonchev–Trinajstić information content (AvgIpc) is 3.21. The Morgan fingerprint density at radius 3 is 2.84 bits per heavy atom. The second kappa shape index (κ2) is 5.11. The number of aliphatic carboxylic acids is 1. The van der Waals surface area contributed by atoms with E-state index in [2.05, 4.69) is 0 Å². The van der Waals surface area contributed by atoms with Crippen LogP contribution in [-0.2, 0) is 4.79 Å². The summed E-state index contributed by atoms with van der Waals surface area (Å²) in [6.07, 6.45) is 3.26. The van der Waals surface area contributed by atoms with Crippen molar-refractivity contribution < 1.29 is 19.4 Å². The number of ether oxygens (including phenoxy) is 2. The van der Waals surface area contributed by atoms with Crippen molar-refractivity contribution in [2.24, 2.45) is 5.92 Å². The van der Waals surface area contributed by atoms with Gasteiger partial charge in [-0.05, 0) is 24.8 Å². The van der Waals surface area contributed by atoms with Crippen molar-refractivity contribution in [1.82, 2.24) is 0 Å². The summed E-state index contributed by atoms with van der Waals surface area (Å²) >= 11 is 0. The smallest absolute Gasteiger partial charge is 0.303 e. The van der Waals surface area contributed by atoms with Crippen molar-refractivity contribution in [2.75, 3.05) is 13.2 Å². The zero-order chi connectivity index (χ0) is 13.2. The second-order valence-corrected chi connectivity index (χ2v) is 5.27. The largest absolute Gasteiger partial charge is 0.490 e.